The van der Waals surface area contributed by atoms with E-state index in [0.29, 0.717) is 13.1 Å². The first-order valence-corrected chi connectivity index (χ1v) is 5.43. The Morgan fingerprint density at radius 1 is 1.35 bits per heavy atom. The molecule has 0 unspecified atom stereocenters. The fourth-order valence-electron chi connectivity index (χ4n) is 1.33. The Bertz CT molecular complexity index is 498. The van der Waals surface area contributed by atoms with Crippen LogP contribution in [0.2, 0.25) is 0 Å². The Labute approximate surface area is 101 Å². The molecule has 1 heterocycles. The fraction of sp³-hybridized carbons (Fsp3) is 0.308. The summed E-state index contributed by atoms with van der Waals surface area (Å²) in [5, 5.41) is 0. The zero-order valence-electron chi connectivity index (χ0n) is 10.3. The summed E-state index contributed by atoms with van der Waals surface area (Å²) in [5.74, 6) is 0. The van der Waals surface area contributed by atoms with Crippen LogP contribution in [0.25, 0.3) is 11.0 Å². The van der Waals surface area contributed by atoms with Gasteiger partial charge >= 0.3 is 0 Å². The number of aromatic nitrogens is 2. The molecule has 0 radical (unpaired) electrons. The summed E-state index contributed by atoms with van der Waals surface area (Å²) in [6, 6.07) is 6.03. The van der Waals surface area contributed by atoms with Crippen molar-refractivity contribution in [2.45, 2.75) is 20.8 Å². The van der Waals surface area contributed by atoms with Crippen LogP contribution in [0.3, 0.4) is 0 Å². The minimum Gasteiger partial charge on any atom is -0.468 e. The summed E-state index contributed by atoms with van der Waals surface area (Å²) < 4.78 is 4.15. The van der Waals surface area contributed by atoms with Crippen molar-refractivity contribution in [3.05, 3.63) is 35.7 Å². The Kier molecular flexibility index (Phi) is 5.07. The topological polar surface area (TPSA) is 52.1 Å². The molecule has 17 heavy (non-hydrogen) atoms. The van der Waals surface area contributed by atoms with Crippen LogP contribution < -0.4 is 0 Å². The van der Waals surface area contributed by atoms with E-state index in [1.807, 2.05) is 19.1 Å². The minimum absolute atomic E-state index is 0.431. The highest BCUT2D eigenvalue weighted by atomic mass is 16.5. The number of carbonyl (C=O) groups excluding carboxylic acids is 1. The zero-order valence-corrected chi connectivity index (χ0v) is 10.3. The third-order valence-electron chi connectivity index (χ3n) is 2.13. The van der Waals surface area contributed by atoms with Crippen LogP contribution in [-0.2, 0) is 9.53 Å². The smallest absolute Gasteiger partial charge is 0.293 e. The molecule has 0 amide bonds. The number of rotatable bonds is 2. The van der Waals surface area contributed by atoms with Crippen molar-refractivity contribution in [3.63, 3.8) is 0 Å². The van der Waals surface area contributed by atoms with Crippen molar-refractivity contribution in [2.24, 2.45) is 0 Å². The standard InChI is InChI=1S/C10H10N2.C3H6O2/c1-7-4-3-5-9-10(7)12-8(2)6-11-9;1-2-5-3-4/h3-6H,1-2H3;3H,2H2,1H3. The molecule has 0 bridgehead atoms. The normalized spacial score (nSPS) is 9.35. The SMILES string of the molecule is CCOC=O.Cc1cnc2cccc(C)c2n1. The quantitative estimate of drug-likeness (QED) is 0.746. The number of fused-ring (bicyclic) bond motifs is 1. The second-order valence-electron chi connectivity index (χ2n) is 3.51. The van der Waals surface area contributed by atoms with Crippen molar-refractivity contribution in [3.8, 4) is 0 Å². The molecule has 90 valence electrons. The Morgan fingerprint density at radius 2 is 2.12 bits per heavy atom. The average Bonchev–Trinajstić information content (AvgIpc) is 2.32. The number of hydrogen-bond acceptors (Lipinski definition) is 4. The summed E-state index contributed by atoms with van der Waals surface area (Å²) in [6.07, 6.45) is 1.79. The molecule has 1 aromatic carbocycles. The van der Waals surface area contributed by atoms with E-state index in [1.54, 1.807) is 13.1 Å². The largest absolute Gasteiger partial charge is 0.468 e. The first-order chi connectivity index (χ1) is 8.19. The predicted molar refractivity (Wildman–Crippen MR) is 66.7 cm³/mol. The second kappa shape index (κ2) is 6.58. The van der Waals surface area contributed by atoms with Gasteiger partial charge in [0.1, 0.15) is 0 Å². The predicted octanol–water partition coefficient (Wildman–Crippen LogP) is 2.43. The summed E-state index contributed by atoms with van der Waals surface area (Å²) in [6.45, 7) is 6.67. The van der Waals surface area contributed by atoms with Gasteiger partial charge in [-0.3, -0.25) is 9.78 Å². The van der Waals surface area contributed by atoms with Gasteiger partial charge in [-0.2, -0.15) is 0 Å². The van der Waals surface area contributed by atoms with Crippen molar-refractivity contribution in [1.82, 2.24) is 9.97 Å². The van der Waals surface area contributed by atoms with E-state index in [4.69, 9.17) is 0 Å². The van der Waals surface area contributed by atoms with Crippen molar-refractivity contribution in [1.29, 1.82) is 0 Å². The maximum absolute atomic E-state index is 9.18. The molecule has 2 rings (SSSR count). The molecule has 0 aliphatic rings. The van der Waals surface area contributed by atoms with Gasteiger partial charge in [-0.25, -0.2) is 4.98 Å². The maximum atomic E-state index is 9.18. The van der Waals surface area contributed by atoms with Gasteiger partial charge in [0.25, 0.3) is 6.47 Å². The summed E-state index contributed by atoms with van der Waals surface area (Å²) in [7, 11) is 0. The van der Waals surface area contributed by atoms with Crippen LogP contribution in [0.4, 0.5) is 0 Å². The lowest BCUT2D eigenvalue weighted by Gasteiger charge is -1.99. The van der Waals surface area contributed by atoms with Crippen LogP contribution in [-0.4, -0.2) is 23.0 Å². The highest BCUT2D eigenvalue weighted by Crippen LogP contribution is 2.12. The van der Waals surface area contributed by atoms with E-state index < -0.39 is 0 Å². The number of ether oxygens (including phenoxy) is 1. The van der Waals surface area contributed by atoms with Gasteiger partial charge in [0.2, 0.25) is 0 Å². The van der Waals surface area contributed by atoms with Crippen LogP contribution in [0, 0.1) is 13.8 Å². The Hall–Kier alpha value is -1.97. The van der Waals surface area contributed by atoms with E-state index in [9.17, 15) is 4.79 Å². The molecule has 1 aromatic heterocycles. The second-order valence-corrected chi connectivity index (χ2v) is 3.51. The number of hydrogen-bond donors (Lipinski definition) is 0. The number of benzene rings is 1. The number of nitrogens with zero attached hydrogens (tertiary/aromatic N) is 2. The maximum Gasteiger partial charge on any atom is 0.293 e. The van der Waals surface area contributed by atoms with Gasteiger partial charge in [-0.05, 0) is 32.4 Å². The summed E-state index contributed by atoms with van der Waals surface area (Å²) in [5.41, 5.74) is 4.14. The van der Waals surface area contributed by atoms with Crippen molar-refractivity contribution >= 4 is 17.5 Å². The molecule has 4 heteroatoms. The van der Waals surface area contributed by atoms with E-state index in [-0.39, 0.29) is 0 Å². The number of para-hydroxylation sites is 1. The molecule has 0 aliphatic heterocycles. The van der Waals surface area contributed by atoms with Crippen LogP contribution >= 0.6 is 0 Å². The van der Waals surface area contributed by atoms with E-state index >= 15 is 0 Å². The van der Waals surface area contributed by atoms with Crippen LogP contribution in [0.15, 0.2) is 24.4 Å². The third-order valence-corrected chi connectivity index (χ3v) is 2.13. The molecule has 0 spiro atoms. The van der Waals surface area contributed by atoms with E-state index in [1.165, 1.54) is 5.56 Å². The lowest BCUT2D eigenvalue weighted by atomic mass is 10.2. The van der Waals surface area contributed by atoms with Crippen molar-refractivity contribution in [2.75, 3.05) is 6.61 Å². The number of carbonyl (C=O) groups is 1. The monoisotopic (exact) mass is 232 g/mol. The Morgan fingerprint density at radius 3 is 2.71 bits per heavy atom. The van der Waals surface area contributed by atoms with Crippen molar-refractivity contribution < 1.29 is 9.53 Å². The highest BCUT2D eigenvalue weighted by Gasteiger charge is 1.98. The van der Waals surface area contributed by atoms with Gasteiger partial charge in [0.05, 0.1) is 23.3 Å². The molecule has 0 saturated carbocycles. The molecule has 0 saturated heterocycles. The Balaban J connectivity index is 0.000000249. The summed E-state index contributed by atoms with van der Waals surface area (Å²) >= 11 is 0. The third kappa shape index (κ3) is 3.83. The molecule has 2 aromatic rings. The molecular formula is C13H16N2O2. The van der Waals surface area contributed by atoms with Crippen LogP contribution in [0.5, 0.6) is 0 Å². The molecule has 0 atom stereocenters. The fourth-order valence-corrected chi connectivity index (χ4v) is 1.33. The minimum atomic E-state index is 0.431. The summed E-state index contributed by atoms with van der Waals surface area (Å²) in [4.78, 5) is 17.9. The van der Waals surface area contributed by atoms with Gasteiger partial charge < -0.3 is 4.74 Å². The molecule has 0 fully saturated rings. The van der Waals surface area contributed by atoms with Gasteiger partial charge in [0.15, 0.2) is 0 Å². The first-order valence-electron chi connectivity index (χ1n) is 5.43. The van der Waals surface area contributed by atoms with E-state index in [2.05, 4.69) is 27.7 Å². The highest BCUT2D eigenvalue weighted by molar-refractivity contribution is 5.77. The lowest BCUT2D eigenvalue weighted by molar-refractivity contribution is -0.128. The van der Waals surface area contributed by atoms with Gasteiger partial charge in [-0.15, -0.1) is 0 Å². The lowest BCUT2D eigenvalue weighted by Crippen LogP contribution is -1.88. The molecule has 0 N–H and O–H groups in total. The average molecular weight is 232 g/mol. The molecule has 4 nitrogen and oxygen atoms in total. The number of aryl methyl sites for hydroxylation is 2. The zero-order chi connectivity index (χ0) is 12.7. The molecule has 0 aliphatic carbocycles. The van der Waals surface area contributed by atoms with E-state index in [0.717, 1.165) is 16.7 Å². The van der Waals surface area contributed by atoms with Gasteiger partial charge in [0, 0.05) is 6.20 Å². The van der Waals surface area contributed by atoms with Gasteiger partial charge in [-0.1, -0.05) is 12.1 Å². The van der Waals surface area contributed by atoms with Crippen LogP contribution in [0.1, 0.15) is 18.2 Å². The first kappa shape index (κ1) is 13.1. The molecular weight excluding hydrogens is 216 g/mol.